The molecule has 1 aliphatic carbocycles. The highest BCUT2D eigenvalue weighted by Gasteiger charge is 2.39. The van der Waals surface area contributed by atoms with Crippen LogP contribution in [0.1, 0.15) is 55.1 Å². The fourth-order valence-electron chi connectivity index (χ4n) is 5.00. The Morgan fingerprint density at radius 2 is 1.84 bits per heavy atom. The maximum absolute atomic E-state index is 14.1. The molecule has 0 radical (unpaired) electrons. The van der Waals surface area contributed by atoms with Crippen molar-refractivity contribution in [2.24, 2.45) is 5.92 Å². The van der Waals surface area contributed by atoms with Gasteiger partial charge in [0.05, 0.1) is 0 Å². The molecule has 1 aromatic carbocycles. The standard InChI is InChI=1S/C24H27F3N4.ClH/c1-23(19-6-3-2-4-7-19)11-5-12-30(16-23)15-18-10-13-31-20(14-17-8-9-17)28-29-22(31)21(18)24(25,26)27;/h2-4,6-7,10,13,17H,5,8-9,11-12,14-16H2,1H3;1H. The SMILES string of the molecule is CC1(c2ccccc2)CCCN(Cc2ccn3c(CC4CC4)nnc3c2C(F)(F)F)C1.Cl. The van der Waals surface area contributed by atoms with E-state index in [1.54, 1.807) is 12.3 Å². The molecule has 2 fully saturated rings. The van der Waals surface area contributed by atoms with E-state index in [2.05, 4.69) is 34.2 Å². The molecule has 0 bridgehead atoms. The first-order chi connectivity index (χ1) is 14.8. The van der Waals surface area contributed by atoms with Gasteiger partial charge in [0.1, 0.15) is 11.4 Å². The van der Waals surface area contributed by atoms with Gasteiger partial charge in [-0.3, -0.25) is 9.30 Å². The molecule has 32 heavy (non-hydrogen) atoms. The first-order valence-corrected chi connectivity index (χ1v) is 11.0. The van der Waals surface area contributed by atoms with Crippen molar-refractivity contribution in [1.29, 1.82) is 0 Å². The third kappa shape index (κ3) is 4.50. The smallest absolute Gasteiger partial charge is 0.298 e. The summed E-state index contributed by atoms with van der Waals surface area (Å²) in [6, 6.07) is 11.9. The van der Waals surface area contributed by atoms with E-state index in [9.17, 15) is 13.2 Å². The van der Waals surface area contributed by atoms with Crippen molar-refractivity contribution in [3.05, 3.63) is 65.1 Å². The third-order valence-electron chi connectivity index (χ3n) is 6.83. The first kappa shape index (κ1) is 23.1. The minimum Gasteiger partial charge on any atom is -0.298 e. The number of piperidine rings is 1. The molecule has 5 rings (SSSR count). The number of benzene rings is 1. The summed E-state index contributed by atoms with van der Waals surface area (Å²) in [7, 11) is 0. The highest BCUT2D eigenvalue weighted by molar-refractivity contribution is 5.85. The highest BCUT2D eigenvalue weighted by atomic mass is 35.5. The largest absolute Gasteiger partial charge is 0.420 e. The fraction of sp³-hybridized carbons (Fsp3) is 0.500. The number of likely N-dealkylation sites (tertiary alicyclic amines) is 1. The second-order valence-corrected chi connectivity index (χ2v) is 9.41. The molecule has 1 aliphatic heterocycles. The number of rotatable bonds is 5. The zero-order chi connectivity index (χ0) is 21.6. The van der Waals surface area contributed by atoms with Crippen LogP contribution in [0.3, 0.4) is 0 Å². The van der Waals surface area contributed by atoms with E-state index in [-0.39, 0.29) is 35.6 Å². The lowest BCUT2D eigenvalue weighted by Crippen LogP contribution is -2.44. The van der Waals surface area contributed by atoms with Gasteiger partial charge in [-0.05, 0) is 55.3 Å². The zero-order valence-corrected chi connectivity index (χ0v) is 18.9. The Morgan fingerprint density at radius 1 is 1.09 bits per heavy atom. The van der Waals surface area contributed by atoms with E-state index >= 15 is 0 Å². The molecule has 2 aliphatic rings. The van der Waals surface area contributed by atoms with Gasteiger partial charge in [-0.15, -0.1) is 22.6 Å². The van der Waals surface area contributed by atoms with Crippen molar-refractivity contribution in [3.63, 3.8) is 0 Å². The van der Waals surface area contributed by atoms with Gasteiger partial charge < -0.3 is 0 Å². The molecular weight excluding hydrogens is 437 g/mol. The van der Waals surface area contributed by atoms with E-state index in [0.717, 1.165) is 38.8 Å². The number of pyridine rings is 1. The van der Waals surface area contributed by atoms with Gasteiger partial charge >= 0.3 is 6.18 Å². The van der Waals surface area contributed by atoms with Crippen LogP contribution in [-0.2, 0) is 24.6 Å². The average molecular weight is 465 g/mol. The number of halogens is 4. The van der Waals surface area contributed by atoms with Gasteiger partial charge in [-0.1, -0.05) is 37.3 Å². The summed E-state index contributed by atoms with van der Waals surface area (Å²) < 4.78 is 43.9. The third-order valence-corrected chi connectivity index (χ3v) is 6.83. The molecule has 2 aromatic heterocycles. The molecule has 172 valence electrons. The molecule has 0 amide bonds. The molecule has 0 spiro atoms. The van der Waals surface area contributed by atoms with Crippen LogP contribution < -0.4 is 0 Å². The minimum absolute atomic E-state index is 0. The lowest BCUT2D eigenvalue weighted by Gasteiger charge is -2.41. The topological polar surface area (TPSA) is 33.4 Å². The number of alkyl halides is 3. The van der Waals surface area contributed by atoms with Crippen LogP contribution in [0.4, 0.5) is 13.2 Å². The molecule has 3 aromatic rings. The molecule has 0 N–H and O–H groups in total. The summed E-state index contributed by atoms with van der Waals surface area (Å²) >= 11 is 0. The molecule has 1 atom stereocenters. The van der Waals surface area contributed by atoms with Crippen LogP contribution in [0.15, 0.2) is 42.6 Å². The predicted octanol–water partition coefficient (Wildman–Crippen LogP) is 5.68. The Morgan fingerprint density at radius 3 is 2.53 bits per heavy atom. The maximum atomic E-state index is 14.1. The van der Waals surface area contributed by atoms with Crippen molar-refractivity contribution in [2.45, 2.75) is 57.2 Å². The summed E-state index contributed by atoms with van der Waals surface area (Å²) in [6.07, 6.45) is 2.18. The molecule has 1 saturated heterocycles. The summed E-state index contributed by atoms with van der Waals surface area (Å²) in [4.78, 5) is 2.15. The van der Waals surface area contributed by atoms with Crippen LogP contribution in [0.25, 0.3) is 5.65 Å². The molecule has 1 saturated carbocycles. The van der Waals surface area contributed by atoms with Gasteiger partial charge in [-0.25, -0.2) is 0 Å². The summed E-state index contributed by atoms with van der Waals surface area (Å²) in [5.41, 5.74) is 0.755. The van der Waals surface area contributed by atoms with Crippen molar-refractivity contribution in [1.82, 2.24) is 19.5 Å². The number of aromatic nitrogens is 3. The Balaban J connectivity index is 0.00000245. The summed E-state index contributed by atoms with van der Waals surface area (Å²) in [5.74, 6) is 1.16. The maximum Gasteiger partial charge on any atom is 0.420 e. The van der Waals surface area contributed by atoms with E-state index in [1.165, 1.54) is 9.96 Å². The average Bonchev–Trinajstić information content (AvgIpc) is 3.46. The zero-order valence-electron chi connectivity index (χ0n) is 18.1. The highest BCUT2D eigenvalue weighted by Crippen LogP contribution is 2.39. The van der Waals surface area contributed by atoms with E-state index in [0.29, 0.717) is 18.2 Å². The molecule has 8 heteroatoms. The molecule has 3 heterocycles. The normalized spacial score (nSPS) is 22.1. The van der Waals surface area contributed by atoms with Crippen LogP contribution in [0.5, 0.6) is 0 Å². The van der Waals surface area contributed by atoms with Crippen LogP contribution in [0, 0.1) is 5.92 Å². The van der Waals surface area contributed by atoms with Crippen LogP contribution in [-0.4, -0.2) is 32.6 Å². The van der Waals surface area contributed by atoms with Crippen molar-refractivity contribution >= 4 is 18.1 Å². The molecule has 1 unspecified atom stereocenters. The lowest BCUT2D eigenvalue weighted by molar-refractivity contribution is -0.137. The quantitative estimate of drug-likeness (QED) is 0.487. The van der Waals surface area contributed by atoms with E-state index < -0.39 is 11.7 Å². The van der Waals surface area contributed by atoms with Crippen molar-refractivity contribution in [3.8, 4) is 0 Å². The number of hydrogen-bond donors (Lipinski definition) is 0. The Kier molecular flexibility index (Phi) is 6.25. The Labute approximate surface area is 192 Å². The number of nitrogens with zero attached hydrogens (tertiary/aromatic N) is 4. The summed E-state index contributed by atoms with van der Waals surface area (Å²) in [5, 5.41) is 8.07. The van der Waals surface area contributed by atoms with E-state index in [4.69, 9.17) is 0 Å². The Bertz CT molecular complexity index is 1080. The second kappa shape index (κ2) is 8.67. The molecular formula is C24H28ClF3N4. The molecule has 4 nitrogen and oxygen atoms in total. The monoisotopic (exact) mass is 464 g/mol. The van der Waals surface area contributed by atoms with Gasteiger partial charge in [-0.2, -0.15) is 13.2 Å². The fourth-order valence-corrected chi connectivity index (χ4v) is 5.00. The lowest BCUT2D eigenvalue weighted by atomic mass is 9.76. The Hall–Kier alpha value is -2.12. The number of hydrogen-bond acceptors (Lipinski definition) is 3. The van der Waals surface area contributed by atoms with Crippen LogP contribution in [0.2, 0.25) is 0 Å². The van der Waals surface area contributed by atoms with Gasteiger partial charge in [0.25, 0.3) is 0 Å². The first-order valence-electron chi connectivity index (χ1n) is 11.0. The van der Waals surface area contributed by atoms with Crippen molar-refractivity contribution in [2.75, 3.05) is 13.1 Å². The van der Waals surface area contributed by atoms with Gasteiger partial charge in [0.2, 0.25) is 0 Å². The van der Waals surface area contributed by atoms with Gasteiger partial charge in [0.15, 0.2) is 5.65 Å². The summed E-state index contributed by atoms with van der Waals surface area (Å²) in [6.45, 7) is 4.01. The van der Waals surface area contributed by atoms with Crippen LogP contribution >= 0.6 is 12.4 Å². The predicted molar refractivity (Wildman–Crippen MR) is 120 cm³/mol. The van der Waals surface area contributed by atoms with Crippen molar-refractivity contribution < 1.29 is 13.2 Å². The van der Waals surface area contributed by atoms with E-state index in [1.807, 2.05) is 18.2 Å². The second-order valence-electron chi connectivity index (χ2n) is 9.41. The van der Waals surface area contributed by atoms with Gasteiger partial charge in [0, 0.05) is 31.1 Å². The number of fused-ring (bicyclic) bond motifs is 1. The minimum atomic E-state index is -4.47.